The van der Waals surface area contributed by atoms with Crippen molar-refractivity contribution in [2.24, 2.45) is 0 Å². The van der Waals surface area contributed by atoms with Crippen molar-refractivity contribution in [3.8, 4) is 0 Å². The highest BCUT2D eigenvalue weighted by Crippen LogP contribution is 2.59. The van der Waals surface area contributed by atoms with E-state index in [0.717, 1.165) is 0 Å². The molecular weight excluding hydrogens is 256 g/mol. The zero-order valence-corrected chi connectivity index (χ0v) is 11.3. The maximum absolute atomic E-state index is 4.63. The van der Waals surface area contributed by atoms with Gasteiger partial charge in [0.05, 0.1) is 23.1 Å². The largest absolute Gasteiger partial charge is 0.380 e. The zero-order valence-electron chi connectivity index (χ0n) is 10.4. The molecular formula is C14H14N4S. The monoisotopic (exact) mass is 270 g/mol. The second-order valence-electron chi connectivity index (χ2n) is 6.41. The first-order valence-corrected chi connectivity index (χ1v) is 8.00. The molecule has 0 bridgehead atoms. The Morgan fingerprint density at radius 3 is 1.74 bits per heavy atom. The Morgan fingerprint density at radius 1 is 0.789 bits per heavy atom. The van der Waals surface area contributed by atoms with Crippen molar-refractivity contribution < 1.29 is 0 Å². The van der Waals surface area contributed by atoms with Gasteiger partial charge in [0.15, 0.2) is 0 Å². The molecule has 3 heterocycles. The predicted molar refractivity (Wildman–Crippen MR) is 76.2 cm³/mol. The third kappa shape index (κ3) is 0.909. The number of anilines is 2. The van der Waals surface area contributed by atoms with E-state index >= 15 is 0 Å². The lowest BCUT2D eigenvalue weighted by molar-refractivity contribution is 0.391. The minimum Gasteiger partial charge on any atom is -0.380 e. The lowest BCUT2D eigenvalue weighted by Gasteiger charge is -2.31. The van der Waals surface area contributed by atoms with Crippen molar-refractivity contribution in [2.75, 3.05) is 10.6 Å². The Hall–Kier alpha value is -1.36. The summed E-state index contributed by atoms with van der Waals surface area (Å²) in [5.41, 5.74) is 8.08. The van der Waals surface area contributed by atoms with Gasteiger partial charge >= 0.3 is 0 Å². The van der Waals surface area contributed by atoms with Crippen molar-refractivity contribution >= 4 is 34.1 Å². The van der Waals surface area contributed by atoms with E-state index in [4.69, 9.17) is 0 Å². The number of hydrogen-bond acceptors (Lipinski definition) is 5. The number of fused-ring (bicyclic) bond motifs is 10. The maximum Gasteiger partial charge on any atom is 0.110 e. The van der Waals surface area contributed by atoms with Crippen LogP contribution in [-0.2, 0) is 0 Å². The quantitative estimate of drug-likeness (QED) is 0.772. The fourth-order valence-electron chi connectivity index (χ4n) is 4.48. The Morgan fingerprint density at radius 2 is 1.32 bits per heavy atom. The number of nitrogens with one attached hydrogen (secondary N) is 2. The zero-order chi connectivity index (χ0) is 12.1. The van der Waals surface area contributed by atoms with Crippen molar-refractivity contribution in [3.05, 3.63) is 11.1 Å². The molecule has 1 aromatic heterocycles. The van der Waals surface area contributed by atoms with Crippen molar-refractivity contribution in [3.63, 3.8) is 0 Å². The molecule has 4 aliphatic rings. The van der Waals surface area contributed by atoms with Crippen LogP contribution in [0.25, 0.3) is 11.0 Å². The van der Waals surface area contributed by atoms with Crippen LogP contribution in [0.15, 0.2) is 0 Å². The maximum atomic E-state index is 4.63. The number of rotatable bonds is 0. The van der Waals surface area contributed by atoms with Gasteiger partial charge in [-0.1, -0.05) is 0 Å². The van der Waals surface area contributed by atoms with Crippen LogP contribution in [0.2, 0.25) is 0 Å². The van der Waals surface area contributed by atoms with Crippen LogP contribution in [0.5, 0.6) is 0 Å². The highest BCUT2D eigenvalue weighted by molar-refractivity contribution is 7.00. The van der Waals surface area contributed by atoms with E-state index in [1.807, 2.05) is 0 Å². The molecule has 5 heteroatoms. The summed E-state index contributed by atoms with van der Waals surface area (Å²) in [5, 5.41) is 7.52. The summed E-state index contributed by atoms with van der Waals surface area (Å²) in [4.78, 5) is 0. The lowest BCUT2D eigenvalue weighted by atomic mass is 9.75. The van der Waals surface area contributed by atoms with E-state index < -0.39 is 0 Å². The van der Waals surface area contributed by atoms with E-state index in [9.17, 15) is 0 Å². The van der Waals surface area contributed by atoms with Gasteiger partial charge in [-0.25, -0.2) is 0 Å². The smallest absolute Gasteiger partial charge is 0.110 e. The normalized spacial score (nSPS) is 36.4. The molecule has 4 unspecified atom stereocenters. The second kappa shape index (κ2) is 2.87. The molecule has 19 heavy (non-hydrogen) atoms. The van der Waals surface area contributed by atoms with Gasteiger partial charge in [0.2, 0.25) is 0 Å². The third-order valence-electron chi connectivity index (χ3n) is 5.74. The Bertz CT molecular complexity index is 677. The van der Waals surface area contributed by atoms with E-state index in [2.05, 4.69) is 19.4 Å². The van der Waals surface area contributed by atoms with Crippen LogP contribution >= 0.6 is 11.7 Å². The minimum atomic E-state index is 0.659. The first kappa shape index (κ1) is 9.53. The summed E-state index contributed by atoms with van der Waals surface area (Å²) in [6.07, 6.45) is 5.23. The molecule has 2 saturated carbocycles. The highest BCUT2D eigenvalue weighted by atomic mass is 32.1. The molecule has 2 N–H and O–H groups in total. The summed E-state index contributed by atoms with van der Waals surface area (Å²) in [5.74, 6) is 1.37. The molecule has 2 fully saturated rings. The molecule has 6 rings (SSSR count). The van der Waals surface area contributed by atoms with Crippen LogP contribution in [0, 0.1) is 0 Å². The molecule has 4 nitrogen and oxygen atoms in total. The minimum absolute atomic E-state index is 0.659. The topological polar surface area (TPSA) is 49.8 Å². The number of nitrogens with zero attached hydrogens (tertiary/aromatic N) is 2. The van der Waals surface area contributed by atoms with E-state index in [-0.39, 0.29) is 0 Å². The van der Waals surface area contributed by atoms with Crippen LogP contribution < -0.4 is 10.6 Å². The molecule has 1 aromatic carbocycles. The summed E-state index contributed by atoms with van der Waals surface area (Å²) in [6, 6.07) is 1.32. The van der Waals surface area contributed by atoms with Gasteiger partial charge in [-0.2, -0.15) is 8.75 Å². The van der Waals surface area contributed by atoms with Gasteiger partial charge < -0.3 is 10.6 Å². The fourth-order valence-corrected chi connectivity index (χ4v) is 5.05. The Balaban J connectivity index is 1.75. The summed E-state index contributed by atoms with van der Waals surface area (Å²) in [6.45, 7) is 0. The summed E-state index contributed by atoms with van der Waals surface area (Å²) >= 11 is 1.38. The number of hydrogen-bond donors (Lipinski definition) is 2. The molecule has 2 aliphatic carbocycles. The first-order chi connectivity index (χ1) is 9.42. The van der Waals surface area contributed by atoms with Gasteiger partial charge in [-0.05, 0) is 25.7 Å². The molecule has 96 valence electrons. The van der Waals surface area contributed by atoms with Crippen LogP contribution in [0.3, 0.4) is 0 Å². The Kier molecular flexibility index (Phi) is 1.44. The predicted octanol–water partition coefficient (Wildman–Crippen LogP) is 3.03. The molecule has 2 aliphatic heterocycles. The van der Waals surface area contributed by atoms with Gasteiger partial charge in [-0.15, -0.1) is 0 Å². The summed E-state index contributed by atoms with van der Waals surface area (Å²) < 4.78 is 9.27. The van der Waals surface area contributed by atoms with Crippen LogP contribution in [-0.4, -0.2) is 20.8 Å². The SMILES string of the molecule is C1CC2c3c(c4c(c5nsnc35)C3CCC3N4)NC12. The van der Waals surface area contributed by atoms with E-state index in [1.165, 1.54) is 70.9 Å². The first-order valence-electron chi connectivity index (χ1n) is 7.27. The van der Waals surface area contributed by atoms with E-state index in [1.54, 1.807) is 0 Å². The molecule has 4 atom stereocenters. The fraction of sp³-hybridized carbons (Fsp3) is 0.571. The molecule has 0 amide bonds. The second-order valence-corrected chi connectivity index (χ2v) is 6.94. The average Bonchev–Trinajstić information content (AvgIpc) is 2.96. The molecule has 0 radical (unpaired) electrons. The van der Waals surface area contributed by atoms with Crippen molar-refractivity contribution in [1.29, 1.82) is 0 Å². The third-order valence-corrected chi connectivity index (χ3v) is 6.27. The van der Waals surface area contributed by atoms with Crippen LogP contribution in [0.4, 0.5) is 11.4 Å². The van der Waals surface area contributed by atoms with Gasteiger partial charge in [-0.3, -0.25) is 0 Å². The molecule has 2 aromatic rings. The standard InChI is InChI=1S/C14H14N4S/c1-3-7-5(1)9-11(15-7)12-10(6-2-4-8(6)16-12)14-13(9)17-19-18-14/h5-8,15-16H,1-4H2. The molecule has 0 saturated heterocycles. The average molecular weight is 270 g/mol. The highest BCUT2D eigenvalue weighted by Gasteiger charge is 2.48. The lowest BCUT2D eigenvalue weighted by Crippen LogP contribution is -2.31. The van der Waals surface area contributed by atoms with Gasteiger partial charge in [0, 0.05) is 35.0 Å². The van der Waals surface area contributed by atoms with Gasteiger partial charge in [0.1, 0.15) is 11.0 Å². The van der Waals surface area contributed by atoms with E-state index in [0.29, 0.717) is 23.9 Å². The number of aromatic nitrogens is 2. The Labute approximate surface area is 114 Å². The number of benzene rings is 1. The summed E-state index contributed by atoms with van der Waals surface area (Å²) in [7, 11) is 0. The van der Waals surface area contributed by atoms with Crippen molar-refractivity contribution in [2.45, 2.75) is 49.6 Å². The van der Waals surface area contributed by atoms with Crippen molar-refractivity contribution in [1.82, 2.24) is 8.75 Å². The van der Waals surface area contributed by atoms with Gasteiger partial charge in [0.25, 0.3) is 0 Å². The molecule has 0 spiro atoms. The van der Waals surface area contributed by atoms with Crippen LogP contribution in [0.1, 0.15) is 48.6 Å².